The number of aryl methyl sites for hydroxylation is 1. The molecule has 1 heterocycles. The number of ether oxygens (including phenoxy) is 1. The number of amides is 1. The third kappa shape index (κ3) is 3.44. The second-order valence-electron chi connectivity index (χ2n) is 6.91. The van der Waals surface area contributed by atoms with Gasteiger partial charge in [0.15, 0.2) is 5.69 Å². The van der Waals surface area contributed by atoms with Crippen LogP contribution in [0.3, 0.4) is 0 Å². The van der Waals surface area contributed by atoms with Crippen LogP contribution in [-0.2, 0) is 4.79 Å². The van der Waals surface area contributed by atoms with Gasteiger partial charge in [-0.15, -0.1) is 0 Å². The van der Waals surface area contributed by atoms with E-state index >= 15 is 0 Å². The molecule has 1 saturated carbocycles. The fourth-order valence-corrected chi connectivity index (χ4v) is 3.57. The highest BCUT2D eigenvalue weighted by atomic mass is 35.5. The van der Waals surface area contributed by atoms with Crippen molar-refractivity contribution in [1.29, 1.82) is 0 Å². The van der Waals surface area contributed by atoms with E-state index < -0.39 is 0 Å². The highest BCUT2D eigenvalue weighted by molar-refractivity contribution is 6.55. The number of anilines is 1. The van der Waals surface area contributed by atoms with Crippen LogP contribution >= 0.6 is 23.2 Å². The van der Waals surface area contributed by atoms with Crippen LogP contribution in [0.4, 0.5) is 5.82 Å². The van der Waals surface area contributed by atoms with E-state index in [0.717, 1.165) is 16.9 Å². The lowest BCUT2D eigenvalue weighted by atomic mass is 10.1. The van der Waals surface area contributed by atoms with Gasteiger partial charge < -0.3 is 10.1 Å². The summed E-state index contributed by atoms with van der Waals surface area (Å²) in [5.74, 6) is 0.565. The van der Waals surface area contributed by atoms with Crippen molar-refractivity contribution >= 4 is 34.9 Å². The third-order valence-corrected chi connectivity index (χ3v) is 5.17. The normalized spacial score (nSPS) is 20.4. The van der Waals surface area contributed by atoms with Gasteiger partial charge in [0.1, 0.15) is 10.2 Å². The van der Waals surface area contributed by atoms with Crippen molar-refractivity contribution in [1.82, 2.24) is 10.3 Å². The van der Waals surface area contributed by atoms with E-state index in [4.69, 9.17) is 32.6 Å². The average Bonchev–Trinajstić information content (AvgIpc) is 2.90. The molecule has 2 atom stereocenters. The Bertz CT molecular complexity index is 872. The van der Waals surface area contributed by atoms with Crippen LogP contribution in [0.15, 0.2) is 33.4 Å². The number of carbonyl (C=O) groups excluding carboxylic acids is 1. The summed E-state index contributed by atoms with van der Waals surface area (Å²) in [5.41, 5.74) is 1.97. The van der Waals surface area contributed by atoms with Crippen LogP contribution < -0.4 is 10.1 Å². The minimum Gasteiger partial charge on any atom is -0.497 e. The van der Waals surface area contributed by atoms with Crippen molar-refractivity contribution in [2.75, 3.05) is 12.4 Å². The molecule has 0 radical (unpaired) electrons. The highest BCUT2D eigenvalue weighted by Crippen LogP contribution is 2.60. The van der Waals surface area contributed by atoms with Gasteiger partial charge in [-0.25, -0.2) is 4.63 Å². The first-order valence-electron chi connectivity index (χ1n) is 8.07. The minimum atomic E-state index is -0.253. The third-order valence-electron chi connectivity index (χ3n) is 4.92. The van der Waals surface area contributed by atoms with Gasteiger partial charge in [0, 0.05) is 5.56 Å². The smallest absolute Gasteiger partial charge is 0.229 e. The van der Waals surface area contributed by atoms with E-state index in [1.165, 1.54) is 0 Å². The number of halogens is 2. The predicted octanol–water partition coefficient (Wildman–Crippen LogP) is 4.58. The molecule has 8 heteroatoms. The molecule has 1 aliphatic rings. The maximum atomic E-state index is 12.7. The van der Waals surface area contributed by atoms with E-state index in [-0.39, 0.29) is 33.5 Å². The van der Waals surface area contributed by atoms with E-state index in [1.54, 1.807) is 13.2 Å². The molecule has 1 aliphatic carbocycles. The van der Waals surface area contributed by atoms with Crippen molar-refractivity contribution in [3.63, 3.8) is 0 Å². The summed E-state index contributed by atoms with van der Waals surface area (Å²) < 4.78 is 10.2. The lowest BCUT2D eigenvalue weighted by molar-refractivity contribution is -0.118. The van der Waals surface area contributed by atoms with E-state index in [0.29, 0.717) is 5.69 Å². The molecule has 1 N–H and O–H groups in total. The van der Waals surface area contributed by atoms with Crippen LogP contribution in [0.25, 0.3) is 11.3 Å². The Morgan fingerprint density at radius 1 is 1.35 bits per heavy atom. The topological polar surface area (TPSA) is 77.2 Å². The van der Waals surface area contributed by atoms with Crippen LogP contribution in [-0.4, -0.2) is 23.3 Å². The standard InChI is InChI=1S/C18H19Cl2N3O3/c1-9-7-10(25-4)5-6-11(9)15-16(23-26-22-15)21-17(24)14-12(8-13(19)20)18(14,2)3/h5-8,12,14H,1-4H3,(H,21,23,24). The molecule has 1 amide bonds. The Hall–Kier alpha value is -2.05. The molecule has 0 spiro atoms. The quantitative estimate of drug-likeness (QED) is 0.800. The maximum absolute atomic E-state index is 12.7. The Kier molecular flexibility index (Phi) is 4.99. The first kappa shape index (κ1) is 18.7. The van der Waals surface area contributed by atoms with E-state index in [9.17, 15) is 4.79 Å². The number of nitrogens with one attached hydrogen (secondary N) is 1. The van der Waals surface area contributed by atoms with Gasteiger partial charge in [0.25, 0.3) is 0 Å². The lowest BCUT2D eigenvalue weighted by Crippen LogP contribution is -2.17. The van der Waals surface area contributed by atoms with Gasteiger partial charge in [-0.1, -0.05) is 37.0 Å². The van der Waals surface area contributed by atoms with E-state index in [2.05, 4.69) is 15.6 Å². The van der Waals surface area contributed by atoms with Crippen molar-refractivity contribution < 1.29 is 14.2 Å². The second-order valence-corrected chi connectivity index (χ2v) is 7.92. The number of methoxy groups -OCH3 is 1. The van der Waals surface area contributed by atoms with Crippen LogP contribution in [0.5, 0.6) is 5.75 Å². The number of carbonyl (C=O) groups is 1. The molecule has 2 unspecified atom stereocenters. The van der Waals surface area contributed by atoms with Crippen molar-refractivity contribution in [3.8, 4) is 17.0 Å². The molecule has 26 heavy (non-hydrogen) atoms. The van der Waals surface area contributed by atoms with Crippen molar-refractivity contribution in [2.45, 2.75) is 20.8 Å². The second kappa shape index (κ2) is 6.93. The molecule has 1 aromatic heterocycles. The maximum Gasteiger partial charge on any atom is 0.229 e. The number of allylic oxidation sites excluding steroid dienone is 1. The number of aromatic nitrogens is 2. The van der Waals surface area contributed by atoms with Gasteiger partial charge in [-0.3, -0.25) is 4.79 Å². The van der Waals surface area contributed by atoms with Gasteiger partial charge >= 0.3 is 0 Å². The van der Waals surface area contributed by atoms with Gasteiger partial charge in [-0.05, 0) is 58.4 Å². The molecule has 3 rings (SSSR count). The summed E-state index contributed by atoms with van der Waals surface area (Å²) in [6.45, 7) is 5.90. The average molecular weight is 396 g/mol. The monoisotopic (exact) mass is 395 g/mol. The number of nitrogens with zero attached hydrogens (tertiary/aromatic N) is 2. The summed E-state index contributed by atoms with van der Waals surface area (Å²) in [6, 6.07) is 5.54. The highest BCUT2D eigenvalue weighted by Gasteiger charge is 2.60. The van der Waals surface area contributed by atoms with Gasteiger partial charge in [0.2, 0.25) is 11.7 Å². The number of hydrogen-bond acceptors (Lipinski definition) is 5. The summed E-state index contributed by atoms with van der Waals surface area (Å²) in [6.07, 6.45) is 1.70. The zero-order valence-electron chi connectivity index (χ0n) is 14.8. The van der Waals surface area contributed by atoms with Crippen LogP contribution in [0, 0.1) is 24.2 Å². The first-order chi connectivity index (χ1) is 12.3. The fourth-order valence-electron chi connectivity index (χ4n) is 3.30. The SMILES string of the molecule is COc1ccc(-c2nonc2NC(=O)C2C(C=C(Cl)Cl)C2(C)C)c(C)c1. The first-order valence-corrected chi connectivity index (χ1v) is 8.82. The number of rotatable bonds is 5. The predicted molar refractivity (Wildman–Crippen MR) is 100 cm³/mol. The number of hydrogen-bond donors (Lipinski definition) is 1. The van der Waals surface area contributed by atoms with Crippen molar-refractivity contribution in [3.05, 3.63) is 34.3 Å². The number of benzene rings is 1. The summed E-state index contributed by atoms with van der Waals surface area (Å²) in [5, 5.41) is 10.6. The Morgan fingerprint density at radius 3 is 2.69 bits per heavy atom. The molecule has 0 bridgehead atoms. The summed E-state index contributed by atoms with van der Waals surface area (Å²) in [7, 11) is 1.60. The van der Waals surface area contributed by atoms with Crippen LogP contribution in [0.1, 0.15) is 19.4 Å². The zero-order valence-corrected chi connectivity index (χ0v) is 16.4. The lowest BCUT2D eigenvalue weighted by Gasteiger charge is -2.07. The largest absolute Gasteiger partial charge is 0.497 e. The molecular formula is C18H19Cl2N3O3. The fraction of sp³-hybridized carbons (Fsp3) is 0.389. The molecule has 0 aliphatic heterocycles. The molecular weight excluding hydrogens is 377 g/mol. The van der Waals surface area contributed by atoms with E-state index in [1.807, 2.05) is 39.0 Å². The molecule has 1 aromatic carbocycles. The van der Waals surface area contributed by atoms with Crippen molar-refractivity contribution in [2.24, 2.45) is 17.3 Å². The molecule has 6 nitrogen and oxygen atoms in total. The molecule has 0 saturated heterocycles. The Labute approximate surface area is 161 Å². The zero-order chi connectivity index (χ0) is 19.1. The molecule has 1 fully saturated rings. The van der Waals surface area contributed by atoms with Gasteiger partial charge in [0.05, 0.1) is 13.0 Å². The Balaban J connectivity index is 1.82. The Morgan fingerprint density at radius 2 is 2.08 bits per heavy atom. The molecule has 138 valence electrons. The van der Waals surface area contributed by atoms with Gasteiger partial charge in [-0.2, -0.15) is 0 Å². The summed E-state index contributed by atoms with van der Waals surface area (Å²) in [4.78, 5) is 12.7. The van der Waals surface area contributed by atoms with Crippen LogP contribution in [0.2, 0.25) is 0 Å². The summed E-state index contributed by atoms with van der Waals surface area (Å²) >= 11 is 11.5. The molecule has 2 aromatic rings. The minimum absolute atomic E-state index is 0.0291.